The molecule has 0 unspecified atom stereocenters. The molecule has 140 valence electrons. The van der Waals surface area contributed by atoms with Gasteiger partial charge in [-0.05, 0) is 37.0 Å². The number of benzene rings is 1. The van der Waals surface area contributed by atoms with Crippen LogP contribution in [0.25, 0.3) is 16.9 Å². The maximum atomic E-state index is 10.7. The minimum atomic E-state index is -0.783. The number of rotatable bonds is 6. The van der Waals surface area contributed by atoms with Gasteiger partial charge in [0.1, 0.15) is 5.82 Å². The van der Waals surface area contributed by atoms with E-state index >= 15 is 0 Å². The molecule has 0 radical (unpaired) electrons. The summed E-state index contributed by atoms with van der Waals surface area (Å²) in [5.74, 6) is 0.0429. The molecule has 7 nitrogen and oxygen atoms in total. The normalized spacial score (nSPS) is 15.1. The smallest absolute Gasteiger partial charge is 0.303 e. The predicted molar refractivity (Wildman–Crippen MR) is 102 cm³/mol. The van der Waals surface area contributed by atoms with Gasteiger partial charge in [0.2, 0.25) is 0 Å². The summed E-state index contributed by atoms with van der Waals surface area (Å²) in [6.07, 6.45) is 4.44. The fourth-order valence-electron chi connectivity index (χ4n) is 3.29. The Morgan fingerprint density at radius 1 is 1.19 bits per heavy atom. The summed E-state index contributed by atoms with van der Waals surface area (Å²) in [5, 5.41) is 17.0. The van der Waals surface area contributed by atoms with Crippen LogP contribution in [0.2, 0.25) is 0 Å². The molecule has 1 fully saturated rings. The number of carbonyl (C=O) groups is 1. The van der Waals surface area contributed by atoms with Crippen LogP contribution in [0, 0.1) is 0 Å². The lowest BCUT2D eigenvalue weighted by molar-refractivity contribution is -0.136. The Hall–Kier alpha value is -2.93. The average Bonchev–Trinajstić information content (AvgIpc) is 3.11. The Kier molecular flexibility index (Phi) is 5.02. The van der Waals surface area contributed by atoms with Crippen LogP contribution < -0.4 is 5.32 Å². The van der Waals surface area contributed by atoms with Gasteiger partial charge in [0.05, 0.1) is 11.9 Å². The summed E-state index contributed by atoms with van der Waals surface area (Å²) in [4.78, 5) is 15.2. The molecule has 3 aromatic rings. The first kappa shape index (κ1) is 17.5. The summed E-state index contributed by atoms with van der Waals surface area (Å²) in [5.41, 5.74) is 3.70. The standard InChI is InChI=1S/C20H22N4O3/c25-20(26)8-3-14-1-4-15(5-2-14)17-13-21-19-7-6-18(23-24(17)19)22-16-9-11-27-12-10-16/h1-2,4-7,13,16H,3,8-12H2,(H,22,23)(H,25,26). The van der Waals surface area contributed by atoms with Crippen molar-refractivity contribution < 1.29 is 14.6 Å². The zero-order valence-corrected chi connectivity index (χ0v) is 15.0. The number of aliphatic carboxylic acids is 1. The van der Waals surface area contributed by atoms with E-state index in [4.69, 9.17) is 14.9 Å². The van der Waals surface area contributed by atoms with Gasteiger partial charge in [0, 0.05) is 31.2 Å². The highest BCUT2D eigenvalue weighted by molar-refractivity contribution is 5.67. The van der Waals surface area contributed by atoms with Crippen LogP contribution in [-0.2, 0) is 16.0 Å². The number of ether oxygens (including phenoxy) is 1. The molecule has 3 heterocycles. The van der Waals surface area contributed by atoms with E-state index in [0.29, 0.717) is 12.5 Å². The number of nitrogens with one attached hydrogen (secondary N) is 1. The second-order valence-corrected chi connectivity index (χ2v) is 6.75. The van der Waals surface area contributed by atoms with Gasteiger partial charge in [-0.2, -0.15) is 0 Å². The lowest BCUT2D eigenvalue weighted by Gasteiger charge is -2.23. The third-order valence-corrected chi connectivity index (χ3v) is 4.81. The number of imidazole rings is 1. The molecular formula is C20H22N4O3. The number of hydrogen-bond acceptors (Lipinski definition) is 5. The fraction of sp³-hybridized carbons (Fsp3) is 0.350. The number of fused-ring (bicyclic) bond motifs is 1. The molecule has 2 aromatic heterocycles. The summed E-state index contributed by atoms with van der Waals surface area (Å²) in [6, 6.07) is 12.2. The number of carboxylic acids is 1. The van der Waals surface area contributed by atoms with Gasteiger partial charge in [-0.25, -0.2) is 9.50 Å². The first-order chi connectivity index (χ1) is 13.2. The molecule has 0 spiro atoms. The first-order valence-corrected chi connectivity index (χ1v) is 9.19. The third kappa shape index (κ3) is 4.09. The van der Waals surface area contributed by atoms with Crippen molar-refractivity contribution in [2.75, 3.05) is 18.5 Å². The molecule has 0 amide bonds. The molecule has 1 aliphatic heterocycles. The highest BCUT2D eigenvalue weighted by Gasteiger charge is 2.15. The second kappa shape index (κ2) is 7.75. The summed E-state index contributed by atoms with van der Waals surface area (Å²) in [6.45, 7) is 1.56. The molecule has 7 heteroatoms. The fourth-order valence-corrected chi connectivity index (χ4v) is 3.29. The Labute approximate surface area is 157 Å². The van der Waals surface area contributed by atoms with Crippen LogP contribution in [0.15, 0.2) is 42.6 Å². The molecule has 1 saturated heterocycles. The molecule has 0 atom stereocenters. The topological polar surface area (TPSA) is 88.8 Å². The minimum Gasteiger partial charge on any atom is -0.481 e. The zero-order chi connectivity index (χ0) is 18.6. The Balaban J connectivity index is 1.56. The number of aryl methyl sites for hydroxylation is 1. The molecule has 1 aromatic carbocycles. The molecule has 27 heavy (non-hydrogen) atoms. The molecular weight excluding hydrogens is 344 g/mol. The van der Waals surface area contributed by atoms with Crippen LogP contribution in [0.3, 0.4) is 0 Å². The lowest BCUT2D eigenvalue weighted by atomic mass is 10.1. The maximum Gasteiger partial charge on any atom is 0.303 e. The number of hydrogen-bond donors (Lipinski definition) is 2. The molecule has 4 rings (SSSR count). The quantitative estimate of drug-likeness (QED) is 0.697. The van der Waals surface area contributed by atoms with Crippen LogP contribution in [0.1, 0.15) is 24.8 Å². The maximum absolute atomic E-state index is 10.7. The van der Waals surface area contributed by atoms with Crippen molar-refractivity contribution in [2.24, 2.45) is 0 Å². The van der Waals surface area contributed by atoms with Gasteiger partial charge < -0.3 is 15.2 Å². The number of carboxylic acid groups (broad SMARTS) is 1. The van der Waals surface area contributed by atoms with E-state index in [1.807, 2.05) is 47.1 Å². The largest absolute Gasteiger partial charge is 0.481 e. The summed E-state index contributed by atoms with van der Waals surface area (Å²) in [7, 11) is 0. The summed E-state index contributed by atoms with van der Waals surface area (Å²) >= 11 is 0. The van der Waals surface area contributed by atoms with Crippen LogP contribution >= 0.6 is 0 Å². The SMILES string of the molecule is O=C(O)CCc1ccc(-c2cnc3ccc(NC4CCOCC4)nn23)cc1. The zero-order valence-electron chi connectivity index (χ0n) is 15.0. The first-order valence-electron chi connectivity index (χ1n) is 9.19. The van der Waals surface area contributed by atoms with E-state index in [9.17, 15) is 4.79 Å². The predicted octanol–water partition coefficient (Wildman–Crippen LogP) is 3.00. The Morgan fingerprint density at radius 2 is 1.96 bits per heavy atom. The Morgan fingerprint density at radius 3 is 2.70 bits per heavy atom. The van der Waals surface area contributed by atoms with E-state index in [1.165, 1.54) is 0 Å². The number of nitrogens with zero attached hydrogens (tertiary/aromatic N) is 3. The van der Waals surface area contributed by atoms with Crippen LogP contribution in [0.5, 0.6) is 0 Å². The van der Waals surface area contributed by atoms with E-state index in [2.05, 4.69) is 10.3 Å². The van der Waals surface area contributed by atoms with E-state index in [1.54, 1.807) is 0 Å². The van der Waals surface area contributed by atoms with E-state index in [0.717, 1.165) is 54.3 Å². The molecule has 1 aliphatic rings. The highest BCUT2D eigenvalue weighted by atomic mass is 16.5. The van der Waals surface area contributed by atoms with Crippen LogP contribution in [-0.4, -0.2) is 44.9 Å². The molecule has 2 N–H and O–H groups in total. The van der Waals surface area contributed by atoms with Crippen molar-refractivity contribution in [3.63, 3.8) is 0 Å². The van der Waals surface area contributed by atoms with E-state index in [-0.39, 0.29) is 6.42 Å². The van der Waals surface area contributed by atoms with Gasteiger partial charge in [-0.1, -0.05) is 24.3 Å². The summed E-state index contributed by atoms with van der Waals surface area (Å²) < 4.78 is 7.25. The van der Waals surface area contributed by atoms with Gasteiger partial charge in [-0.3, -0.25) is 4.79 Å². The minimum absolute atomic E-state index is 0.137. The highest BCUT2D eigenvalue weighted by Crippen LogP contribution is 2.22. The van der Waals surface area contributed by atoms with Crippen molar-refractivity contribution in [1.29, 1.82) is 0 Å². The average molecular weight is 366 g/mol. The van der Waals surface area contributed by atoms with Crippen molar-refractivity contribution >= 4 is 17.4 Å². The van der Waals surface area contributed by atoms with Crippen molar-refractivity contribution in [3.8, 4) is 11.3 Å². The molecule has 0 saturated carbocycles. The molecule has 0 aliphatic carbocycles. The Bertz CT molecular complexity index is 930. The van der Waals surface area contributed by atoms with Crippen molar-refractivity contribution in [2.45, 2.75) is 31.7 Å². The van der Waals surface area contributed by atoms with Gasteiger partial charge in [-0.15, -0.1) is 5.10 Å². The number of aromatic nitrogens is 3. The van der Waals surface area contributed by atoms with Gasteiger partial charge >= 0.3 is 5.97 Å². The molecule has 0 bridgehead atoms. The third-order valence-electron chi connectivity index (χ3n) is 4.81. The second-order valence-electron chi connectivity index (χ2n) is 6.75. The van der Waals surface area contributed by atoms with Crippen molar-refractivity contribution in [3.05, 3.63) is 48.2 Å². The lowest BCUT2D eigenvalue weighted by Crippen LogP contribution is -2.28. The van der Waals surface area contributed by atoms with Gasteiger partial charge in [0.15, 0.2) is 5.65 Å². The van der Waals surface area contributed by atoms with E-state index < -0.39 is 5.97 Å². The monoisotopic (exact) mass is 366 g/mol. The number of anilines is 1. The van der Waals surface area contributed by atoms with Crippen molar-refractivity contribution in [1.82, 2.24) is 14.6 Å². The van der Waals surface area contributed by atoms with Crippen LogP contribution in [0.4, 0.5) is 5.82 Å². The van der Waals surface area contributed by atoms with Gasteiger partial charge in [0.25, 0.3) is 0 Å².